The Kier molecular flexibility index (Phi) is 3.29. The summed E-state index contributed by atoms with van der Waals surface area (Å²) in [6, 6.07) is 0. The second-order valence-electron chi connectivity index (χ2n) is 1.54. The number of hydrogen-bond donors (Lipinski definition) is 0. The molecule has 50 valence electrons. The highest BCUT2D eigenvalue weighted by molar-refractivity contribution is 7.25. The predicted octanol–water partition coefficient (Wildman–Crippen LogP) is 0.709. The van der Waals surface area contributed by atoms with Gasteiger partial charge < -0.3 is 14.0 Å². The lowest BCUT2D eigenvalue weighted by molar-refractivity contribution is -0.124. The molecule has 0 amide bonds. The predicted molar refractivity (Wildman–Crippen MR) is 32.8 cm³/mol. The maximum atomic E-state index is 10.2. The molecule has 0 bridgehead atoms. The Morgan fingerprint density at radius 2 is 1.75 bits per heavy atom. The molecule has 0 N–H and O–H groups in total. The number of methoxy groups -OCH3 is 2. The Morgan fingerprint density at radius 1 is 1.38 bits per heavy atom. The van der Waals surface area contributed by atoms with E-state index in [1.807, 2.05) is 0 Å². The minimum atomic E-state index is -1.03. The number of hydrogen-bond acceptors (Lipinski definition) is 3. The first-order valence-electron chi connectivity index (χ1n) is 2.25. The van der Waals surface area contributed by atoms with Gasteiger partial charge in [0.15, 0.2) is 0 Å². The fourth-order valence-corrected chi connectivity index (χ4v) is 0.372. The molecule has 0 rings (SSSR count). The molecule has 1 unspecified atom stereocenters. The Labute approximate surface area is 50.2 Å². The lowest BCUT2D eigenvalue weighted by atomic mass is 10.7. The normalized spacial score (nSPS) is 13.4. The third kappa shape index (κ3) is 1.95. The van der Waals surface area contributed by atoms with Crippen molar-refractivity contribution in [2.24, 2.45) is 0 Å². The highest BCUT2D eigenvalue weighted by Gasteiger charge is 2.18. The first kappa shape index (κ1) is 8.15. The second-order valence-corrected chi connectivity index (χ2v) is 2.83. The number of rotatable bonds is 3. The summed E-state index contributed by atoms with van der Waals surface area (Å²) < 4.78 is 19.7. The van der Waals surface area contributed by atoms with E-state index in [1.165, 1.54) is 14.2 Å². The average molecular weight is 138 g/mol. The van der Waals surface area contributed by atoms with Crippen molar-refractivity contribution in [3.63, 3.8) is 0 Å². The summed E-state index contributed by atoms with van der Waals surface area (Å²) in [5.74, 6) is 0. The van der Waals surface area contributed by atoms with Crippen LogP contribution in [-0.4, -0.2) is 19.7 Å². The van der Waals surface area contributed by atoms with Crippen LogP contribution in [0.1, 0.15) is 6.92 Å². The molecule has 0 aliphatic carbocycles. The van der Waals surface area contributed by atoms with Gasteiger partial charge in [-0.3, -0.25) is 0 Å². The molecule has 0 saturated heterocycles. The van der Waals surface area contributed by atoms with E-state index in [0.29, 0.717) is 0 Å². The van der Waals surface area contributed by atoms with Gasteiger partial charge in [-0.15, -0.1) is 0 Å². The maximum absolute atomic E-state index is 10.2. The van der Waals surface area contributed by atoms with E-state index >= 15 is 0 Å². The van der Waals surface area contributed by atoms with E-state index in [2.05, 4.69) is 0 Å². The highest BCUT2D eigenvalue weighted by atomic mass is 31.1. The molecule has 0 saturated carbocycles. The van der Waals surface area contributed by atoms with Crippen LogP contribution in [0.25, 0.3) is 0 Å². The van der Waals surface area contributed by atoms with Crippen molar-refractivity contribution in [3.05, 3.63) is 0 Å². The third-order valence-corrected chi connectivity index (χ3v) is 1.92. The topological polar surface area (TPSA) is 35.5 Å². The molecule has 4 heteroatoms. The summed E-state index contributed by atoms with van der Waals surface area (Å²) in [6.45, 7) is 1.63. The van der Waals surface area contributed by atoms with E-state index in [-0.39, 0.29) is 0 Å². The van der Waals surface area contributed by atoms with Crippen molar-refractivity contribution in [2.75, 3.05) is 14.2 Å². The van der Waals surface area contributed by atoms with Gasteiger partial charge in [-0.2, -0.15) is 0 Å². The molecule has 3 nitrogen and oxygen atoms in total. The van der Waals surface area contributed by atoms with Gasteiger partial charge in [-0.1, -0.05) is 0 Å². The molecule has 0 aromatic carbocycles. The summed E-state index contributed by atoms with van der Waals surface area (Å²) in [7, 11) is 1.91. The van der Waals surface area contributed by atoms with Crippen LogP contribution in [0.15, 0.2) is 0 Å². The Hall–Kier alpha value is 0.150. The fourth-order valence-electron chi connectivity index (χ4n) is 0.180. The zero-order chi connectivity index (χ0) is 6.62. The quantitative estimate of drug-likeness (QED) is 0.425. The van der Waals surface area contributed by atoms with Crippen LogP contribution in [-0.2, 0) is 14.0 Å². The van der Waals surface area contributed by atoms with Crippen molar-refractivity contribution in [2.45, 2.75) is 12.5 Å². The van der Waals surface area contributed by atoms with E-state index in [1.54, 1.807) is 6.92 Å². The van der Waals surface area contributed by atoms with Crippen LogP contribution in [0.4, 0.5) is 0 Å². The van der Waals surface area contributed by atoms with Crippen LogP contribution in [0.3, 0.4) is 0 Å². The molecule has 0 heterocycles. The van der Waals surface area contributed by atoms with Gasteiger partial charge in [0.1, 0.15) is 8.46 Å². The highest BCUT2D eigenvalue weighted by Crippen LogP contribution is 2.22. The Morgan fingerprint density at radius 3 is 1.75 bits per heavy atom. The van der Waals surface area contributed by atoms with Gasteiger partial charge >= 0.3 is 0 Å². The van der Waals surface area contributed by atoms with Gasteiger partial charge in [0.2, 0.25) is 5.53 Å². The third-order valence-electron chi connectivity index (χ3n) is 1.02. The van der Waals surface area contributed by atoms with Gasteiger partial charge in [0.25, 0.3) is 0 Å². The molecular weight excluding hydrogens is 127 g/mol. The summed E-state index contributed by atoms with van der Waals surface area (Å²) in [5, 5.41) is 0. The Bertz CT molecular complexity index is 79.4. The van der Waals surface area contributed by atoms with Crippen LogP contribution in [0.2, 0.25) is 0 Å². The van der Waals surface area contributed by atoms with Crippen LogP contribution < -0.4 is 0 Å². The van der Waals surface area contributed by atoms with Crippen LogP contribution >= 0.6 is 8.46 Å². The van der Waals surface area contributed by atoms with E-state index in [4.69, 9.17) is 9.47 Å². The first-order chi connectivity index (χ1) is 3.68. The summed E-state index contributed by atoms with van der Waals surface area (Å²) in [5.41, 5.74) is -0.847. The van der Waals surface area contributed by atoms with E-state index in [0.717, 1.165) is 0 Å². The SMILES string of the molecule is COC(C)(OC)[PH2]=O. The minimum Gasteiger partial charge on any atom is -0.348 e. The number of ether oxygens (including phenoxy) is 2. The summed E-state index contributed by atoms with van der Waals surface area (Å²) in [4.78, 5) is 0. The van der Waals surface area contributed by atoms with Crippen molar-refractivity contribution in [1.82, 2.24) is 0 Å². The molecule has 0 spiro atoms. The molecule has 0 fully saturated rings. The largest absolute Gasteiger partial charge is 0.348 e. The summed E-state index contributed by atoms with van der Waals surface area (Å²) >= 11 is 0. The molecule has 8 heavy (non-hydrogen) atoms. The molecule has 0 aliphatic rings. The maximum Gasteiger partial charge on any atom is 0.213 e. The first-order valence-corrected chi connectivity index (χ1v) is 3.30. The van der Waals surface area contributed by atoms with Crippen molar-refractivity contribution >= 4 is 8.46 Å². The minimum absolute atomic E-state index is 0.847. The van der Waals surface area contributed by atoms with Gasteiger partial charge in [-0.05, 0) is 6.92 Å². The van der Waals surface area contributed by atoms with Crippen LogP contribution in [0.5, 0.6) is 0 Å². The van der Waals surface area contributed by atoms with Crippen molar-refractivity contribution in [1.29, 1.82) is 0 Å². The van der Waals surface area contributed by atoms with Gasteiger partial charge in [-0.25, -0.2) is 0 Å². The zero-order valence-electron chi connectivity index (χ0n) is 5.30. The standard InChI is InChI=1S/C4H11O3P/c1-4(6-2,7-3)8-5/h8H2,1-3H3. The van der Waals surface area contributed by atoms with E-state index < -0.39 is 14.0 Å². The molecule has 0 aliphatic heterocycles. The Balaban J connectivity index is 3.76. The lowest BCUT2D eigenvalue weighted by Crippen LogP contribution is -2.20. The van der Waals surface area contributed by atoms with Gasteiger partial charge in [0, 0.05) is 14.2 Å². The molecule has 0 aromatic heterocycles. The molecule has 0 aromatic rings. The van der Waals surface area contributed by atoms with Gasteiger partial charge in [0.05, 0.1) is 0 Å². The fraction of sp³-hybridized carbons (Fsp3) is 1.00. The zero-order valence-corrected chi connectivity index (χ0v) is 6.46. The van der Waals surface area contributed by atoms with Crippen LogP contribution in [0, 0.1) is 0 Å². The smallest absolute Gasteiger partial charge is 0.213 e. The molecule has 1 atom stereocenters. The molecule has 0 radical (unpaired) electrons. The second kappa shape index (κ2) is 3.23. The molecular formula is C4H11O3P. The van der Waals surface area contributed by atoms with E-state index in [9.17, 15) is 4.57 Å². The van der Waals surface area contributed by atoms with Crippen molar-refractivity contribution < 1.29 is 14.0 Å². The van der Waals surface area contributed by atoms with Crippen molar-refractivity contribution in [3.8, 4) is 0 Å². The monoisotopic (exact) mass is 138 g/mol. The summed E-state index contributed by atoms with van der Waals surface area (Å²) in [6.07, 6.45) is 0. The average Bonchev–Trinajstić information content (AvgIpc) is 1.87. The lowest BCUT2D eigenvalue weighted by Gasteiger charge is -2.18.